The number of anilines is 1. The predicted octanol–water partition coefficient (Wildman–Crippen LogP) is 1.46. The normalized spacial score (nSPS) is 10.8. The van der Waals surface area contributed by atoms with Crippen molar-refractivity contribution in [1.29, 1.82) is 0 Å². The molecule has 12 heavy (non-hydrogen) atoms. The van der Waals surface area contributed by atoms with Gasteiger partial charge in [0.05, 0.1) is 0 Å². The fraction of sp³-hybridized carbons (Fsp3) is 0.222. The second kappa shape index (κ2) is 2.24. The van der Waals surface area contributed by atoms with Crippen LogP contribution in [0.3, 0.4) is 0 Å². The Morgan fingerprint density at radius 2 is 2.17 bits per heavy atom. The molecule has 0 bridgehead atoms. The third kappa shape index (κ3) is 0.863. The number of pyridine rings is 1. The first-order chi connectivity index (χ1) is 5.68. The van der Waals surface area contributed by atoms with Gasteiger partial charge in [-0.15, -0.1) is 0 Å². The van der Waals surface area contributed by atoms with E-state index in [0.717, 1.165) is 11.0 Å². The van der Waals surface area contributed by atoms with Crippen LogP contribution in [0.15, 0.2) is 18.2 Å². The molecule has 0 spiro atoms. The number of aryl methyl sites for hydroxylation is 2. The van der Waals surface area contributed by atoms with Crippen LogP contribution >= 0.6 is 0 Å². The number of nitrogen functional groups attached to an aromatic ring is 1. The average Bonchev–Trinajstić information content (AvgIpc) is 2.31. The molecule has 0 amide bonds. The second-order valence-corrected chi connectivity index (χ2v) is 2.99. The van der Waals surface area contributed by atoms with E-state index in [1.807, 2.05) is 23.7 Å². The molecule has 3 nitrogen and oxygen atoms in total. The van der Waals surface area contributed by atoms with Crippen molar-refractivity contribution in [2.75, 3.05) is 5.73 Å². The van der Waals surface area contributed by atoms with Gasteiger partial charge < -0.3 is 10.3 Å². The molecule has 0 aliphatic rings. The largest absolute Gasteiger partial charge is 0.384 e. The van der Waals surface area contributed by atoms with Gasteiger partial charge in [0.2, 0.25) is 0 Å². The molecular weight excluding hydrogens is 150 g/mol. The van der Waals surface area contributed by atoms with E-state index in [2.05, 4.69) is 18.0 Å². The summed E-state index contributed by atoms with van der Waals surface area (Å²) in [5.41, 5.74) is 7.73. The fourth-order valence-electron chi connectivity index (χ4n) is 1.34. The summed E-state index contributed by atoms with van der Waals surface area (Å²) in [6.07, 6.45) is 0. The maximum atomic E-state index is 5.58. The van der Waals surface area contributed by atoms with Crippen molar-refractivity contribution in [3.05, 3.63) is 23.9 Å². The molecule has 0 aromatic carbocycles. The number of hydrogen-bond donors (Lipinski definition) is 1. The van der Waals surface area contributed by atoms with E-state index in [9.17, 15) is 0 Å². The number of nitrogens with two attached hydrogens (primary N) is 1. The Balaban J connectivity index is 2.88. The lowest BCUT2D eigenvalue weighted by molar-refractivity contribution is 0.903. The van der Waals surface area contributed by atoms with Crippen LogP contribution in [0.1, 0.15) is 5.69 Å². The SMILES string of the molecule is Cc1cc2ccc(N)nc2n1C. The summed E-state index contributed by atoms with van der Waals surface area (Å²) in [5, 5.41) is 1.14. The molecule has 2 aromatic rings. The average molecular weight is 161 g/mol. The van der Waals surface area contributed by atoms with E-state index in [1.165, 1.54) is 5.69 Å². The summed E-state index contributed by atoms with van der Waals surface area (Å²) in [5.74, 6) is 0.573. The third-order valence-corrected chi connectivity index (χ3v) is 2.14. The smallest absolute Gasteiger partial charge is 0.142 e. The molecule has 0 saturated carbocycles. The molecule has 0 radical (unpaired) electrons. The lowest BCUT2D eigenvalue weighted by Crippen LogP contribution is -1.94. The van der Waals surface area contributed by atoms with Crippen LogP contribution in [0.2, 0.25) is 0 Å². The van der Waals surface area contributed by atoms with Gasteiger partial charge in [0.1, 0.15) is 11.5 Å². The highest BCUT2D eigenvalue weighted by Crippen LogP contribution is 2.16. The van der Waals surface area contributed by atoms with Crippen molar-refractivity contribution < 1.29 is 0 Å². The summed E-state index contributed by atoms with van der Waals surface area (Å²) in [4.78, 5) is 4.24. The van der Waals surface area contributed by atoms with E-state index >= 15 is 0 Å². The molecule has 0 unspecified atom stereocenters. The Bertz CT molecular complexity index is 429. The maximum absolute atomic E-state index is 5.58. The van der Waals surface area contributed by atoms with Crippen LogP contribution in [0.5, 0.6) is 0 Å². The van der Waals surface area contributed by atoms with Gasteiger partial charge in [-0.2, -0.15) is 0 Å². The van der Waals surface area contributed by atoms with Gasteiger partial charge in [0.25, 0.3) is 0 Å². The number of aromatic nitrogens is 2. The van der Waals surface area contributed by atoms with Crippen LogP contribution in [0.25, 0.3) is 11.0 Å². The van der Waals surface area contributed by atoms with Gasteiger partial charge in [-0.25, -0.2) is 4.98 Å². The minimum atomic E-state index is 0.573. The molecular formula is C9H11N3. The van der Waals surface area contributed by atoms with E-state index in [-0.39, 0.29) is 0 Å². The zero-order valence-corrected chi connectivity index (χ0v) is 7.20. The Morgan fingerprint density at radius 3 is 2.92 bits per heavy atom. The molecule has 0 aliphatic carbocycles. The Labute approximate surface area is 70.8 Å². The molecule has 0 fully saturated rings. The van der Waals surface area contributed by atoms with Crippen LogP contribution in [0, 0.1) is 6.92 Å². The summed E-state index contributed by atoms with van der Waals surface area (Å²) in [6, 6.07) is 5.91. The minimum absolute atomic E-state index is 0.573. The highest BCUT2D eigenvalue weighted by Gasteiger charge is 2.02. The van der Waals surface area contributed by atoms with Crippen molar-refractivity contribution in [2.24, 2.45) is 7.05 Å². The van der Waals surface area contributed by atoms with Gasteiger partial charge in [0.15, 0.2) is 0 Å². The standard InChI is InChI=1S/C9H11N3/c1-6-5-7-3-4-8(10)11-9(7)12(6)2/h3-5H,1-2H3,(H2,10,11). The first-order valence-electron chi connectivity index (χ1n) is 3.87. The van der Waals surface area contributed by atoms with Gasteiger partial charge in [-0.1, -0.05) is 0 Å². The number of rotatable bonds is 0. The van der Waals surface area contributed by atoms with E-state index in [1.54, 1.807) is 0 Å². The maximum Gasteiger partial charge on any atom is 0.142 e. The molecule has 2 N–H and O–H groups in total. The topological polar surface area (TPSA) is 43.8 Å². The highest BCUT2D eigenvalue weighted by molar-refractivity contribution is 5.78. The number of nitrogens with zero attached hydrogens (tertiary/aromatic N) is 2. The first kappa shape index (κ1) is 7.16. The molecule has 62 valence electrons. The molecule has 3 heteroatoms. The highest BCUT2D eigenvalue weighted by atomic mass is 15.0. The van der Waals surface area contributed by atoms with E-state index in [4.69, 9.17) is 5.73 Å². The van der Waals surface area contributed by atoms with E-state index < -0.39 is 0 Å². The van der Waals surface area contributed by atoms with Crippen molar-refractivity contribution in [1.82, 2.24) is 9.55 Å². The monoisotopic (exact) mass is 161 g/mol. The van der Waals surface area contributed by atoms with Gasteiger partial charge in [-0.05, 0) is 25.1 Å². The summed E-state index contributed by atoms with van der Waals surface area (Å²) in [7, 11) is 1.99. The molecule has 0 aliphatic heterocycles. The van der Waals surface area contributed by atoms with Crippen LogP contribution < -0.4 is 5.73 Å². The Hall–Kier alpha value is -1.51. The zero-order valence-electron chi connectivity index (χ0n) is 7.20. The molecule has 0 saturated heterocycles. The molecule has 2 rings (SSSR count). The molecule has 2 aromatic heterocycles. The van der Waals surface area contributed by atoms with Crippen molar-refractivity contribution in [2.45, 2.75) is 6.92 Å². The Morgan fingerprint density at radius 1 is 1.42 bits per heavy atom. The lowest BCUT2D eigenvalue weighted by Gasteiger charge is -1.97. The summed E-state index contributed by atoms with van der Waals surface area (Å²) < 4.78 is 2.03. The van der Waals surface area contributed by atoms with Gasteiger partial charge >= 0.3 is 0 Å². The van der Waals surface area contributed by atoms with Gasteiger partial charge in [0, 0.05) is 18.1 Å². The van der Waals surface area contributed by atoms with Crippen molar-refractivity contribution >= 4 is 16.9 Å². The zero-order chi connectivity index (χ0) is 8.72. The molecule has 2 heterocycles. The van der Waals surface area contributed by atoms with Crippen LogP contribution in [0.4, 0.5) is 5.82 Å². The van der Waals surface area contributed by atoms with Crippen LogP contribution in [-0.2, 0) is 7.05 Å². The summed E-state index contributed by atoms with van der Waals surface area (Å²) in [6.45, 7) is 2.05. The number of fused-ring (bicyclic) bond motifs is 1. The van der Waals surface area contributed by atoms with Crippen molar-refractivity contribution in [3.8, 4) is 0 Å². The quantitative estimate of drug-likeness (QED) is 0.635. The fourth-order valence-corrected chi connectivity index (χ4v) is 1.34. The first-order valence-corrected chi connectivity index (χ1v) is 3.87. The Kier molecular flexibility index (Phi) is 1.33. The van der Waals surface area contributed by atoms with Crippen molar-refractivity contribution in [3.63, 3.8) is 0 Å². The number of hydrogen-bond acceptors (Lipinski definition) is 2. The van der Waals surface area contributed by atoms with Gasteiger partial charge in [-0.3, -0.25) is 0 Å². The molecule has 0 atom stereocenters. The predicted molar refractivity (Wildman–Crippen MR) is 49.9 cm³/mol. The summed E-state index contributed by atoms with van der Waals surface area (Å²) >= 11 is 0. The van der Waals surface area contributed by atoms with E-state index in [0.29, 0.717) is 5.82 Å². The minimum Gasteiger partial charge on any atom is -0.384 e. The second-order valence-electron chi connectivity index (χ2n) is 2.99. The third-order valence-electron chi connectivity index (χ3n) is 2.14. The lowest BCUT2D eigenvalue weighted by atomic mass is 10.3. The van der Waals surface area contributed by atoms with Crippen LogP contribution in [-0.4, -0.2) is 9.55 Å².